The molecule has 0 spiro atoms. The second-order valence-electron chi connectivity index (χ2n) is 23.0. The molecule has 3 heterocycles. The lowest BCUT2D eigenvalue weighted by Gasteiger charge is -2.71. The lowest BCUT2D eigenvalue weighted by atomic mass is 9.33. The number of aliphatic hydroxyl groups excluding tert-OH is 11. The van der Waals surface area contributed by atoms with Crippen molar-refractivity contribution in [2.75, 3.05) is 19.8 Å². The number of hydrogen-bond donors (Lipinski definition) is 11. The highest BCUT2D eigenvalue weighted by Gasteiger charge is 2.71. The first-order valence-corrected chi connectivity index (χ1v) is 23.8. The van der Waals surface area contributed by atoms with Gasteiger partial charge >= 0.3 is 5.97 Å². The van der Waals surface area contributed by atoms with E-state index in [1.165, 1.54) is 0 Å². The molecule has 0 unspecified atom stereocenters. The van der Waals surface area contributed by atoms with Gasteiger partial charge in [-0.25, -0.2) is 0 Å². The Kier molecular flexibility index (Phi) is 13.4. The van der Waals surface area contributed by atoms with Crippen LogP contribution in [0.5, 0.6) is 0 Å². The summed E-state index contributed by atoms with van der Waals surface area (Å²) in [5, 5.41) is 117. The molecular formula is C47H76O18. The van der Waals surface area contributed by atoms with Crippen molar-refractivity contribution in [1.29, 1.82) is 0 Å². The normalized spacial score (nSPS) is 53.9. The quantitative estimate of drug-likeness (QED) is 0.0850. The van der Waals surface area contributed by atoms with Crippen molar-refractivity contribution in [2.45, 2.75) is 204 Å². The van der Waals surface area contributed by atoms with Gasteiger partial charge in [-0.2, -0.15) is 0 Å². The summed E-state index contributed by atoms with van der Waals surface area (Å²) in [6.45, 7) is 13.9. The Morgan fingerprint density at radius 2 is 1.26 bits per heavy atom. The fraction of sp³-hybridized carbons (Fsp3) is 0.936. The van der Waals surface area contributed by atoms with Crippen molar-refractivity contribution in [2.24, 2.45) is 50.2 Å². The number of carbonyl (C=O) groups excluding carboxylic acids is 1. The van der Waals surface area contributed by atoms with Gasteiger partial charge in [0.1, 0.15) is 67.1 Å². The predicted octanol–water partition coefficient (Wildman–Crippen LogP) is -0.250. The van der Waals surface area contributed by atoms with E-state index in [4.69, 9.17) is 28.4 Å². The third-order valence-electron chi connectivity index (χ3n) is 19.1. The van der Waals surface area contributed by atoms with Crippen LogP contribution in [0.2, 0.25) is 0 Å². The van der Waals surface area contributed by atoms with Crippen LogP contribution in [0.3, 0.4) is 0 Å². The van der Waals surface area contributed by atoms with Gasteiger partial charge < -0.3 is 84.6 Å². The maximum atomic E-state index is 14.7. The van der Waals surface area contributed by atoms with E-state index in [-0.39, 0.29) is 35.4 Å². The van der Waals surface area contributed by atoms with E-state index in [2.05, 4.69) is 40.7 Å². The van der Waals surface area contributed by atoms with E-state index in [0.717, 1.165) is 31.3 Å². The zero-order valence-electron chi connectivity index (χ0n) is 38.8. The molecule has 0 aromatic rings. The van der Waals surface area contributed by atoms with Gasteiger partial charge in [0.2, 0.25) is 6.29 Å². The second kappa shape index (κ2) is 17.5. The minimum Gasteiger partial charge on any atom is -0.432 e. The van der Waals surface area contributed by atoms with Crippen molar-refractivity contribution in [3.05, 3.63) is 11.6 Å². The molecule has 0 amide bonds. The number of hydrogen-bond acceptors (Lipinski definition) is 18. The minimum absolute atomic E-state index is 0.167. The summed E-state index contributed by atoms with van der Waals surface area (Å²) in [5.41, 5.74) is -1.87. The minimum atomic E-state index is -1.75. The molecule has 0 radical (unpaired) electrons. The molecule has 7 fully saturated rings. The molecule has 23 atom stereocenters. The van der Waals surface area contributed by atoms with Gasteiger partial charge in [-0.1, -0.05) is 60.1 Å². The summed E-state index contributed by atoms with van der Waals surface area (Å²) in [7, 11) is 0. The zero-order valence-corrected chi connectivity index (χ0v) is 38.8. The Labute approximate surface area is 380 Å². The molecule has 8 aliphatic rings. The van der Waals surface area contributed by atoms with Crippen molar-refractivity contribution in [3.8, 4) is 0 Å². The Morgan fingerprint density at radius 1 is 0.662 bits per heavy atom. The van der Waals surface area contributed by atoms with Crippen LogP contribution in [0.1, 0.15) is 106 Å². The summed E-state index contributed by atoms with van der Waals surface area (Å²) in [5.74, 6) is -0.845. The highest BCUT2D eigenvalue weighted by atomic mass is 16.7. The number of ether oxygens (including phenoxy) is 6. The molecule has 3 aliphatic heterocycles. The molecule has 0 bridgehead atoms. The standard InChI is InChI=1S/C47H76O18/c1-42(2)14-16-47(41(59)65-40-34(56)32(54)30(52)24(19-49)62-40)17-15-45(6)21(28(47)37(42)58)8-9-26-44(5)12-11-27(43(3,4)25(44)10-13-46(26,45)7)63-38-35(57)36(22(50)20-60-38)64-39-33(55)31(53)29(51)23(18-48)61-39/h8,22-40,48-58H,9-20H2,1-7H3/t22-,23+,24+,25-,26+,27-,28+,29+,30+,31-,32-,33+,34+,35+,36-,37-,38+,39-,40-,44-,45+,46+,47-/m0/s1. The summed E-state index contributed by atoms with van der Waals surface area (Å²) >= 11 is 0. The third-order valence-corrected chi connectivity index (χ3v) is 19.1. The Balaban J connectivity index is 1.02. The van der Waals surface area contributed by atoms with Gasteiger partial charge in [0, 0.05) is 5.92 Å². The summed E-state index contributed by atoms with van der Waals surface area (Å²) in [6, 6.07) is 0. The first kappa shape index (κ1) is 50.0. The van der Waals surface area contributed by atoms with Gasteiger partial charge in [0.25, 0.3) is 0 Å². The average molecular weight is 929 g/mol. The van der Waals surface area contributed by atoms with Crippen molar-refractivity contribution in [1.82, 2.24) is 0 Å². The Morgan fingerprint density at radius 3 is 1.89 bits per heavy atom. The predicted molar refractivity (Wildman–Crippen MR) is 226 cm³/mol. The fourth-order valence-corrected chi connectivity index (χ4v) is 14.8. The molecule has 3 saturated heterocycles. The highest BCUT2D eigenvalue weighted by molar-refractivity contribution is 5.79. The number of esters is 1. The molecule has 0 aromatic carbocycles. The van der Waals surface area contributed by atoms with E-state index in [1.54, 1.807) is 0 Å². The zero-order chi connectivity index (χ0) is 47.6. The monoisotopic (exact) mass is 929 g/mol. The van der Waals surface area contributed by atoms with Crippen LogP contribution < -0.4 is 0 Å². The number of fused-ring (bicyclic) bond motifs is 7. The van der Waals surface area contributed by atoms with Gasteiger partial charge in [0.05, 0.1) is 37.4 Å². The van der Waals surface area contributed by atoms with Crippen LogP contribution in [0.25, 0.3) is 0 Å². The molecule has 4 saturated carbocycles. The topological polar surface area (TPSA) is 295 Å². The van der Waals surface area contributed by atoms with Crippen LogP contribution in [0, 0.1) is 50.2 Å². The first-order chi connectivity index (χ1) is 30.3. The summed E-state index contributed by atoms with van der Waals surface area (Å²) < 4.78 is 35.4. The fourth-order valence-electron chi connectivity index (χ4n) is 14.8. The van der Waals surface area contributed by atoms with E-state index in [9.17, 15) is 61.0 Å². The van der Waals surface area contributed by atoms with Gasteiger partial charge in [0.15, 0.2) is 12.6 Å². The third kappa shape index (κ3) is 7.62. The van der Waals surface area contributed by atoms with E-state index >= 15 is 0 Å². The summed E-state index contributed by atoms with van der Waals surface area (Å²) in [4.78, 5) is 14.7. The summed E-state index contributed by atoms with van der Waals surface area (Å²) in [6.07, 6.45) is -14.3. The second-order valence-corrected chi connectivity index (χ2v) is 23.0. The smallest absolute Gasteiger partial charge is 0.315 e. The van der Waals surface area contributed by atoms with Gasteiger partial charge in [-0.3, -0.25) is 4.79 Å². The number of rotatable bonds is 8. The lowest BCUT2D eigenvalue weighted by Crippen LogP contribution is -2.67. The van der Waals surface area contributed by atoms with Crippen LogP contribution in [0.15, 0.2) is 11.6 Å². The Bertz CT molecular complexity index is 1770. The molecule has 18 heteroatoms. The van der Waals surface area contributed by atoms with E-state index < -0.39 is 139 Å². The van der Waals surface area contributed by atoms with Gasteiger partial charge in [-0.15, -0.1) is 0 Å². The maximum Gasteiger partial charge on any atom is 0.315 e. The molecular weight excluding hydrogens is 852 g/mol. The van der Waals surface area contributed by atoms with Gasteiger partial charge in [-0.05, 0) is 96.7 Å². The molecule has 372 valence electrons. The van der Waals surface area contributed by atoms with E-state index in [0.29, 0.717) is 32.1 Å². The van der Waals surface area contributed by atoms with Crippen molar-refractivity contribution in [3.63, 3.8) is 0 Å². The van der Waals surface area contributed by atoms with Crippen LogP contribution in [-0.2, 0) is 33.2 Å². The average Bonchev–Trinajstić information content (AvgIpc) is 3.25. The molecule has 0 aromatic heterocycles. The number of allylic oxidation sites excluding steroid dienone is 1. The lowest BCUT2D eigenvalue weighted by molar-refractivity contribution is -0.357. The molecule has 18 nitrogen and oxygen atoms in total. The molecule has 11 N–H and O–H groups in total. The molecule has 65 heavy (non-hydrogen) atoms. The molecule has 8 rings (SSSR count). The maximum absolute atomic E-state index is 14.7. The van der Waals surface area contributed by atoms with Crippen molar-refractivity contribution >= 4 is 5.97 Å². The van der Waals surface area contributed by atoms with E-state index in [1.807, 2.05) is 13.8 Å². The first-order valence-electron chi connectivity index (χ1n) is 23.8. The number of carbonyl (C=O) groups is 1. The largest absolute Gasteiger partial charge is 0.432 e. The Hall–Kier alpha value is -1.43. The van der Waals surface area contributed by atoms with Crippen LogP contribution in [0.4, 0.5) is 0 Å². The van der Waals surface area contributed by atoms with Crippen LogP contribution >= 0.6 is 0 Å². The van der Waals surface area contributed by atoms with Crippen LogP contribution in [-0.4, -0.2) is 180 Å². The number of aliphatic hydroxyl groups is 11. The molecule has 5 aliphatic carbocycles. The SMILES string of the molecule is CC1(C)CC[C@]2(C(=O)O[C@@H]3O[C@H](CO)[C@@H](O)[C@H](O)[C@H]3O)CC[C@]3(C)C(=CC[C@@H]4[C@@]5(C)CC[C@H](O[C@H]6OC[C@H](O)[C@H](O[C@@H]7O[C@H](CO)[C@@H](O)[C@H](O)[C@H]7O)[C@H]6O)C(C)(C)[C@@H]5CC[C@]43C)[C@@H]2[C@@H]1O. The van der Waals surface area contributed by atoms with Crippen molar-refractivity contribution < 1.29 is 89.4 Å². The highest BCUT2D eigenvalue weighted by Crippen LogP contribution is 2.76.